The second-order valence-corrected chi connectivity index (χ2v) is 9.19. The molecule has 8 nitrogen and oxygen atoms in total. The van der Waals surface area contributed by atoms with Gasteiger partial charge in [-0.25, -0.2) is 8.42 Å². The molecule has 0 bridgehead atoms. The number of fused-ring (bicyclic) bond motifs is 1. The summed E-state index contributed by atoms with van der Waals surface area (Å²) in [5, 5.41) is 2.89. The molecule has 1 amide bonds. The van der Waals surface area contributed by atoms with Gasteiger partial charge >= 0.3 is 0 Å². The van der Waals surface area contributed by atoms with Crippen LogP contribution in [-0.4, -0.2) is 47.6 Å². The Balaban J connectivity index is 1.43. The van der Waals surface area contributed by atoms with Crippen LogP contribution in [-0.2, 0) is 21.2 Å². The highest BCUT2D eigenvalue weighted by Crippen LogP contribution is 2.36. The predicted molar refractivity (Wildman–Crippen MR) is 118 cm³/mol. The summed E-state index contributed by atoms with van der Waals surface area (Å²) in [5.74, 6) is 1.83. The number of hydrogen-bond acceptors (Lipinski definition) is 6. The van der Waals surface area contributed by atoms with Gasteiger partial charge in [0.15, 0.2) is 11.5 Å². The molecule has 0 unspecified atom stereocenters. The van der Waals surface area contributed by atoms with E-state index in [4.69, 9.17) is 14.2 Å². The summed E-state index contributed by atoms with van der Waals surface area (Å²) in [5.41, 5.74) is 1.64. The molecule has 0 saturated heterocycles. The summed E-state index contributed by atoms with van der Waals surface area (Å²) < 4.78 is 41.6. The molecule has 0 radical (unpaired) electrons. The van der Waals surface area contributed by atoms with Crippen molar-refractivity contribution >= 4 is 21.6 Å². The van der Waals surface area contributed by atoms with Gasteiger partial charge in [0.1, 0.15) is 5.75 Å². The fourth-order valence-electron chi connectivity index (χ4n) is 3.35. The molecular formula is C22H28N2O6S. The van der Waals surface area contributed by atoms with Gasteiger partial charge < -0.3 is 19.5 Å². The summed E-state index contributed by atoms with van der Waals surface area (Å²) >= 11 is 0. The Bertz CT molecular complexity index is 1010. The molecule has 2 aromatic rings. The van der Waals surface area contributed by atoms with Gasteiger partial charge in [-0.2, -0.15) is 0 Å². The average molecular weight is 449 g/mol. The largest absolute Gasteiger partial charge is 0.497 e. The van der Waals surface area contributed by atoms with Crippen LogP contribution in [0.15, 0.2) is 42.5 Å². The van der Waals surface area contributed by atoms with Crippen molar-refractivity contribution in [1.29, 1.82) is 0 Å². The van der Waals surface area contributed by atoms with Crippen LogP contribution in [0, 0.1) is 0 Å². The minimum absolute atomic E-state index is 0.0928. The maximum atomic E-state index is 12.2. The van der Waals surface area contributed by atoms with Crippen LogP contribution in [0.4, 0.5) is 5.69 Å². The fourth-order valence-corrected chi connectivity index (χ4v) is 4.30. The van der Waals surface area contributed by atoms with E-state index in [1.807, 2.05) is 24.3 Å². The van der Waals surface area contributed by atoms with Crippen molar-refractivity contribution in [1.82, 2.24) is 5.32 Å². The van der Waals surface area contributed by atoms with Crippen LogP contribution < -0.4 is 23.8 Å². The molecule has 31 heavy (non-hydrogen) atoms. The number of carbonyl (C=O) groups excluding carboxylic acids is 1. The van der Waals surface area contributed by atoms with Crippen molar-refractivity contribution in [3.05, 3.63) is 48.0 Å². The number of methoxy groups -OCH3 is 1. The second kappa shape index (κ2) is 10.4. The second-order valence-electron chi connectivity index (χ2n) is 7.28. The van der Waals surface area contributed by atoms with Crippen molar-refractivity contribution < 1.29 is 27.4 Å². The van der Waals surface area contributed by atoms with E-state index in [0.29, 0.717) is 30.2 Å². The first-order valence-electron chi connectivity index (χ1n) is 10.1. The highest BCUT2D eigenvalue weighted by atomic mass is 32.2. The van der Waals surface area contributed by atoms with Crippen molar-refractivity contribution in [3.63, 3.8) is 0 Å². The van der Waals surface area contributed by atoms with Gasteiger partial charge in [-0.1, -0.05) is 12.1 Å². The third-order valence-corrected chi connectivity index (χ3v) is 6.10. The zero-order valence-corrected chi connectivity index (χ0v) is 18.6. The van der Waals surface area contributed by atoms with E-state index in [1.165, 1.54) is 4.31 Å². The highest BCUT2D eigenvalue weighted by molar-refractivity contribution is 7.92. The van der Waals surface area contributed by atoms with Crippen molar-refractivity contribution in [2.45, 2.75) is 25.7 Å². The Morgan fingerprint density at radius 2 is 1.94 bits per heavy atom. The number of sulfonamides is 1. The summed E-state index contributed by atoms with van der Waals surface area (Å²) in [6, 6.07) is 12.9. The standard InChI is InChI=1S/C22H28N2O6S/c1-28-19-8-3-6-17(14-19)7-4-12-23-22(25)9-5-13-24(31(2,26)27)18-10-11-20-21(15-18)30-16-29-20/h3,6,8,10-11,14-15H,4-5,7,9,12-13,16H2,1-2H3,(H,23,25). The highest BCUT2D eigenvalue weighted by Gasteiger charge is 2.21. The number of carbonyl (C=O) groups is 1. The van der Waals surface area contributed by atoms with E-state index in [2.05, 4.69) is 5.32 Å². The monoisotopic (exact) mass is 448 g/mol. The van der Waals surface area contributed by atoms with Crippen LogP contribution in [0.1, 0.15) is 24.8 Å². The number of rotatable bonds is 11. The van der Waals surface area contributed by atoms with Crippen LogP contribution in [0.2, 0.25) is 0 Å². The lowest BCUT2D eigenvalue weighted by molar-refractivity contribution is -0.121. The van der Waals surface area contributed by atoms with Crippen LogP contribution >= 0.6 is 0 Å². The lowest BCUT2D eigenvalue weighted by Crippen LogP contribution is -2.32. The molecule has 1 N–H and O–H groups in total. The van der Waals surface area contributed by atoms with Crippen molar-refractivity contribution in [2.75, 3.05) is 37.6 Å². The van der Waals surface area contributed by atoms with E-state index in [9.17, 15) is 13.2 Å². The maximum Gasteiger partial charge on any atom is 0.232 e. The number of amides is 1. The first-order chi connectivity index (χ1) is 14.9. The zero-order valence-electron chi connectivity index (χ0n) is 17.8. The Morgan fingerprint density at radius 1 is 1.13 bits per heavy atom. The molecule has 0 fully saturated rings. The van der Waals surface area contributed by atoms with Gasteiger partial charge in [0.2, 0.25) is 22.7 Å². The van der Waals surface area contributed by atoms with E-state index in [0.717, 1.165) is 30.4 Å². The molecule has 0 saturated carbocycles. The summed E-state index contributed by atoms with van der Waals surface area (Å²) in [7, 11) is -1.86. The first kappa shape index (κ1) is 22.7. The topological polar surface area (TPSA) is 94.2 Å². The van der Waals surface area contributed by atoms with Gasteiger partial charge in [0.25, 0.3) is 0 Å². The number of aryl methyl sites for hydroxylation is 1. The molecule has 3 rings (SSSR count). The fraction of sp³-hybridized carbons (Fsp3) is 0.409. The maximum absolute atomic E-state index is 12.2. The molecule has 0 spiro atoms. The van der Waals surface area contributed by atoms with E-state index in [-0.39, 0.29) is 25.7 Å². The lowest BCUT2D eigenvalue weighted by Gasteiger charge is -2.22. The Hall–Kier alpha value is -2.94. The Kier molecular flexibility index (Phi) is 7.62. The third-order valence-electron chi connectivity index (χ3n) is 4.91. The molecule has 0 atom stereocenters. The van der Waals surface area contributed by atoms with Gasteiger partial charge in [-0.3, -0.25) is 9.10 Å². The van der Waals surface area contributed by atoms with Crippen molar-refractivity contribution in [3.8, 4) is 17.2 Å². The number of nitrogens with zero attached hydrogens (tertiary/aromatic N) is 1. The normalized spacial score (nSPS) is 12.5. The molecule has 1 heterocycles. The molecule has 1 aliphatic heterocycles. The summed E-state index contributed by atoms with van der Waals surface area (Å²) in [6.45, 7) is 0.888. The minimum Gasteiger partial charge on any atom is -0.497 e. The Labute approximate surface area is 183 Å². The molecule has 0 aromatic heterocycles. The van der Waals surface area contributed by atoms with Gasteiger partial charge in [0, 0.05) is 25.6 Å². The van der Waals surface area contributed by atoms with Crippen molar-refractivity contribution in [2.24, 2.45) is 0 Å². The molecule has 168 valence electrons. The average Bonchev–Trinajstić information content (AvgIpc) is 3.21. The summed E-state index contributed by atoms with van der Waals surface area (Å²) in [6.07, 6.45) is 3.45. The third kappa shape index (κ3) is 6.52. The SMILES string of the molecule is COc1cccc(CCCNC(=O)CCCN(c2ccc3c(c2)OCO3)S(C)(=O)=O)c1. The van der Waals surface area contributed by atoms with E-state index in [1.54, 1.807) is 25.3 Å². The molecule has 0 aliphatic carbocycles. The summed E-state index contributed by atoms with van der Waals surface area (Å²) in [4.78, 5) is 12.1. The van der Waals surface area contributed by atoms with Gasteiger partial charge in [0.05, 0.1) is 19.1 Å². The molecule has 9 heteroatoms. The number of nitrogens with one attached hydrogen (secondary N) is 1. The predicted octanol–water partition coefficient (Wildman–Crippen LogP) is 2.72. The van der Waals surface area contributed by atoms with Crippen LogP contribution in [0.25, 0.3) is 0 Å². The van der Waals surface area contributed by atoms with Crippen LogP contribution in [0.3, 0.4) is 0 Å². The molecular weight excluding hydrogens is 420 g/mol. The molecule has 2 aromatic carbocycles. The molecule has 1 aliphatic rings. The lowest BCUT2D eigenvalue weighted by atomic mass is 10.1. The Morgan fingerprint density at radius 3 is 2.71 bits per heavy atom. The smallest absolute Gasteiger partial charge is 0.232 e. The van der Waals surface area contributed by atoms with E-state index >= 15 is 0 Å². The number of benzene rings is 2. The first-order valence-corrected chi connectivity index (χ1v) is 12.0. The van der Waals surface area contributed by atoms with Gasteiger partial charge in [-0.05, 0) is 49.1 Å². The number of anilines is 1. The number of hydrogen-bond donors (Lipinski definition) is 1. The van der Waals surface area contributed by atoms with Gasteiger partial charge in [-0.15, -0.1) is 0 Å². The van der Waals surface area contributed by atoms with E-state index < -0.39 is 10.0 Å². The quantitative estimate of drug-likeness (QED) is 0.531. The zero-order chi connectivity index (χ0) is 22.3. The minimum atomic E-state index is -3.50. The van der Waals surface area contributed by atoms with Crippen LogP contribution in [0.5, 0.6) is 17.2 Å². The number of ether oxygens (including phenoxy) is 3.